The predicted molar refractivity (Wildman–Crippen MR) is 90.3 cm³/mol. The Bertz CT molecular complexity index is 688. The van der Waals surface area contributed by atoms with Gasteiger partial charge in [0.15, 0.2) is 0 Å². The third-order valence-corrected chi connectivity index (χ3v) is 5.80. The molecular weight excluding hydrogens is 357 g/mol. The van der Waals surface area contributed by atoms with Gasteiger partial charge in [-0.1, -0.05) is 0 Å². The van der Waals surface area contributed by atoms with E-state index in [1.54, 1.807) is 0 Å². The summed E-state index contributed by atoms with van der Waals surface area (Å²) < 4.78 is 12.1. The number of benzene rings is 2. The van der Waals surface area contributed by atoms with E-state index in [0.29, 0.717) is 5.90 Å². The zero-order chi connectivity index (χ0) is 16.1. The first-order chi connectivity index (χ1) is 11.3. The molecule has 2 atom stereocenters. The van der Waals surface area contributed by atoms with Crippen LogP contribution in [0, 0.1) is 0 Å². The first-order valence-corrected chi connectivity index (χ1v) is 9.40. The molecule has 0 radical (unpaired) electrons. The molecule has 0 N–H and O–H groups in total. The second kappa shape index (κ2) is 7.44. The molecule has 3 rings (SSSR count). The predicted octanol–water partition coefficient (Wildman–Crippen LogP) is 1.82. The van der Waals surface area contributed by atoms with Crippen molar-refractivity contribution in [3.63, 3.8) is 0 Å². The van der Waals surface area contributed by atoms with Gasteiger partial charge in [-0.05, 0) is 0 Å². The number of carbonyl (C=O) groups is 1. The number of methoxy groups -OCH3 is 1. The fraction of sp³-hybridized carbons (Fsp3) is 0.222. The monoisotopic (exact) mass is 375 g/mol. The standard InChI is InChI=1S/C18H17NO3Se/c1-21-18(20)16-15(12-23-14-10-6-3-7-11-14)22-17(19-16)13-8-4-2-5-9-13/h2-11,15-16H,12H2,1H3/t15-,16-/m0/s1. The first-order valence-electron chi connectivity index (χ1n) is 7.33. The van der Waals surface area contributed by atoms with Gasteiger partial charge in [0.1, 0.15) is 0 Å². The Morgan fingerprint density at radius 2 is 1.78 bits per heavy atom. The zero-order valence-corrected chi connectivity index (χ0v) is 14.4. The Labute approximate surface area is 141 Å². The Balaban J connectivity index is 1.73. The number of hydrogen-bond acceptors (Lipinski definition) is 4. The van der Waals surface area contributed by atoms with E-state index in [1.807, 2.05) is 48.5 Å². The fourth-order valence-electron chi connectivity index (χ4n) is 2.32. The van der Waals surface area contributed by atoms with Crippen molar-refractivity contribution in [3.05, 3.63) is 66.2 Å². The van der Waals surface area contributed by atoms with Crippen molar-refractivity contribution >= 4 is 31.3 Å². The van der Waals surface area contributed by atoms with Crippen molar-refractivity contribution in [2.45, 2.75) is 17.5 Å². The van der Waals surface area contributed by atoms with Gasteiger partial charge < -0.3 is 0 Å². The molecule has 1 aliphatic rings. The van der Waals surface area contributed by atoms with Gasteiger partial charge in [-0.25, -0.2) is 0 Å². The fourth-order valence-corrected chi connectivity index (χ4v) is 4.32. The van der Waals surface area contributed by atoms with E-state index in [0.717, 1.165) is 10.9 Å². The average molecular weight is 374 g/mol. The number of carbonyl (C=O) groups excluding carboxylic acids is 1. The van der Waals surface area contributed by atoms with Crippen LogP contribution in [0.3, 0.4) is 0 Å². The van der Waals surface area contributed by atoms with Gasteiger partial charge in [0.25, 0.3) is 0 Å². The van der Waals surface area contributed by atoms with Crippen LogP contribution in [0.2, 0.25) is 5.32 Å². The molecule has 0 aromatic heterocycles. The van der Waals surface area contributed by atoms with Gasteiger partial charge in [0, 0.05) is 0 Å². The van der Waals surface area contributed by atoms with Crippen LogP contribution in [0.4, 0.5) is 0 Å². The molecule has 1 aliphatic heterocycles. The SMILES string of the molecule is COC(=O)[C@H]1N=C(c2ccccc2)O[C@H]1C[Se]c1ccccc1. The van der Waals surface area contributed by atoms with Gasteiger partial charge in [-0.2, -0.15) is 0 Å². The molecule has 2 aromatic rings. The van der Waals surface area contributed by atoms with Crippen molar-refractivity contribution < 1.29 is 14.3 Å². The van der Waals surface area contributed by atoms with Crippen LogP contribution in [0.1, 0.15) is 5.56 Å². The van der Waals surface area contributed by atoms with E-state index >= 15 is 0 Å². The van der Waals surface area contributed by atoms with E-state index in [4.69, 9.17) is 9.47 Å². The Hall–Kier alpha value is -2.10. The van der Waals surface area contributed by atoms with Gasteiger partial charge in [0.05, 0.1) is 0 Å². The van der Waals surface area contributed by atoms with Gasteiger partial charge in [-0.3, -0.25) is 0 Å². The van der Waals surface area contributed by atoms with E-state index in [9.17, 15) is 4.79 Å². The maximum absolute atomic E-state index is 12.0. The molecule has 1 heterocycles. The molecule has 0 spiro atoms. The summed E-state index contributed by atoms with van der Waals surface area (Å²) in [6.07, 6.45) is -0.266. The van der Waals surface area contributed by atoms with Crippen LogP contribution in [-0.4, -0.2) is 46.1 Å². The zero-order valence-electron chi connectivity index (χ0n) is 12.7. The van der Waals surface area contributed by atoms with Crippen molar-refractivity contribution in [2.75, 3.05) is 7.11 Å². The number of esters is 1. The third-order valence-electron chi connectivity index (χ3n) is 3.49. The van der Waals surface area contributed by atoms with Crippen LogP contribution < -0.4 is 4.46 Å². The van der Waals surface area contributed by atoms with E-state index in [2.05, 4.69) is 17.1 Å². The second-order valence-electron chi connectivity index (χ2n) is 5.05. The third kappa shape index (κ3) is 3.81. The second-order valence-corrected chi connectivity index (χ2v) is 7.34. The summed E-state index contributed by atoms with van der Waals surface area (Å²) in [5.74, 6) is 0.180. The van der Waals surface area contributed by atoms with Gasteiger partial charge in [0.2, 0.25) is 0 Å². The minimum atomic E-state index is -0.583. The molecule has 0 unspecified atom stereocenters. The Kier molecular flexibility index (Phi) is 5.11. The quantitative estimate of drug-likeness (QED) is 0.593. The normalized spacial score (nSPS) is 19.8. The topological polar surface area (TPSA) is 47.9 Å². The molecule has 0 aliphatic carbocycles. The summed E-state index contributed by atoms with van der Waals surface area (Å²) in [6.45, 7) is 0. The number of nitrogens with zero attached hydrogens (tertiary/aromatic N) is 1. The molecule has 5 heteroatoms. The van der Waals surface area contributed by atoms with Crippen LogP contribution in [-0.2, 0) is 14.3 Å². The molecule has 0 saturated heterocycles. The molecular formula is C18H17NO3Se. The van der Waals surface area contributed by atoms with E-state index in [-0.39, 0.29) is 27.0 Å². The molecule has 0 saturated carbocycles. The van der Waals surface area contributed by atoms with Crippen molar-refractivity contribution in [1.29, 1.82) is 0 Å². The average Bonchev–Trinajstić information content (AvgIpc) is 3.05. The number of hydrogen-bond donors (Lipinski definition) is 0. The summed E-state index contributed by atoms with van der Waals surface area (Å²) in [4.78, 5) is 16.5. The molecule has 0 amide bonds. The van der Waals surface area contributed by atoms with Crippen LogP contribution >= 0.6 is 0 Å². The van der Waals surface area contributed by atoms with Crippen molar-refractivity contribution in [3.8, 4) is 0 Å². The molecule has 2 aromatic carbocycles. The Morgan fingerprint density at radius 3 is 2.43 bits per heavy atom. The molecule has 118 valence electrons. The summed E-state index contributed by atoms with van der Waals surface area (Å²) in [5.41, 5.74) is 0.885. The summed E-state index contributed by atoms with van der Waals surface area (Å²) in [7, 11) is 1.39. The summed E-state index contributed by atoms with van der Waals surface area (Å²) in [6, 6.07) is 19.3. The van der Waals surface area contributed by atoms with Gasteiger partial charge in [-0.15, -0.1) is 0 Å². The number of rotatable bonds is 5. The van der Waals surface area contributed by atoms with Crippen LogP contribution in [0.25, 0.3) is 0 Å². The van der Waals surface area contributed by atoms with Crippen LogP contribution in [0.5, 0.6) is 0 Å². The molecule has 23 heavy (non-hydrogen) atoms. The van der Waals surface area contributed by atoms with Crippen molar-refractivity contribution in [1.82, 2.24) is 0 Å². The molecule has 4 nitrogen and oxygen atoms in total. The number of aliphatic imine (C=N–C) groups is 1. The number of ether oxygens (including phenoxy) is 2. The van der Waals surface area contributed by atoms with E-state index < -0.39 is 6.04 Å². The molecule has 0 fully saturated rings. The maximum atomic E-state index is 12.0. The van der Waals surface area contributed by atoms with Gasteiger partial charge >= 0.3 is 141 Å². The van der Waals surface area contributed by atoms with Crippen molar-refractivity contribution in [2.24, 2.45) is 4.99 Å². The van der Waals surface area contributed by atoms with E-state index in [1.165, 1.54) is 11.6 Å². The molecule has 0 bridgehead atoms. The Morgan fingerprint density at radius 1 is 1.13 bits per heavy atom. The summed E-state index contributed by atoms with van der Waals surface area (Å²) >= 11 is 0.222. The van der Waals surface area contributed by atoms with Crippen LogP contribution in [0.15, 0.2) is 65.7 Å². The first kappa shape index (κ1) is 15.8. The summed E-state index contributed by atoms with van der Waals surface area (Å²) in [5, 5.41) is 0.774. The minimum absolute atomic E-state index is 0.222.